The van der Waals surface area contributed by atoms with Crippen LogP contribution < -0.4 is 9.47 Å². The molecule has 2 aromatic rings. The highest BCUT2D eigenvalue weighted by molar-refractivity contribution is 5.73. The Bertz CT molecular complexity index is 671. The molecule has 1 aromatic carbocycles. The molecule has 1 atom stereocenters. The second-order valence-electron chi connectivity index (χ2n) is 5.01. The lowest BCUT2D eigenvalue weighted by Crippen LogP contribution is -2.21. The Hall–Kier alpha value is -2.64. The van der Waals surface area contributed by atoms with Gasteiger partial charge in [0.2, 0.25) is 0 Å². The summed E-state index contributed by atoms with van der Waals surface area (Å²) >= 11 is 0. The minimum absolute atomic E-state index is 0.384. The number of tetrazole rings is 1. The van der Waals surface area contributed by atoms with E-state index in [1.54, 1.807) is 25.3 Å². The van der Waals surface area contributed by atoms with Crippen LogP contribution in [0.1, 0.15) is 32.2 Å². The van der Waals surface area contributed by atoms with Crippen LogP contribution >= 0.6 is 0 Å². The number of ether oxygens (including phenoxy) is 2. The van der Waals surface area contributed by atoms with Gasteiger partial charge >= 0.3 is 5.97 Å². The maximum Gasteiger partial charge on any atom is 0.328 e. The van der Waals surface area contributed by atoms with Crippen molar-refractivity contribution >= 4 is 5.97 Å². The van der Waals surface area contributed by atoms with Crippen LogP contribution in [-0.4, -0.2) is 45.5 Å². The van der Waals surface area contributed by atoms with Crippen LogP contribution in [0.5, 0.6) is 11.5 Å². The first-order chi connectivity index (χ1) is 11.1. The van der Waals surface area contributed by atoms with Gasteiger partial charge in [-0.1, -0.05) is 19.8 Å². The highest BCUT2D eigenvalue weighted by Crippen LogP contribution is 2.32. The van der Waals surface area contributed by atoms with Crippen molar-refractivity contribution in [2.45, 2.75) is 32.2 Å². The van der Waals surface area contributed by atoms with E-state index in [1.807, 2.05) is 6.92 Å². The van der Waals surface area contributed by atoms with E-state index in [-0.39, 0.29) is 0 Å². The van der Waals surface area contributed by atoms with Crippen LogP contribution in [0.25, 0.3) is 11.4 Å². The molecule has 1 unspecified atom stereocenters. The molecule has 8 heteroatoms. The average Bonchev–Trinajstić information content (AvgIpc) is 3.03. The van der Waals surface area contributed by atoms with E-state index in [1.165, 1.54) is 11.8 Å². The van der Waals surface area contributed by atoms with E-state index < -0.39 is 12.0 Å². The van der Waals surface area contributed by atoms with Crippen LogP contribution in [0.15, 0.2) is 18.2 Å². The summed E-state index contributed by atoms with van der Waals surface area (Å²) in [6, 6.07) is 4.42. The number of benzene rings is 1. The minimum atomic E-state index is -0.951. The summed E-state index contributed by atoms with van der Waals surface area (Å²) in [7, 11) is 3.08. The number of methoxy groups -OCH3 is 2. The second-order valence-corrected chi connectivity index (χ2v) is 5.01. The summed E-state index contributed by atoms with van der Waals surface area (Å²) in [6.45, 7) is 2.01. The van der Waals surface area contributed by atoms with Crippen molar-refractivity contribution in [2.24, 2.45) is 0 Å². The zero-order chi connectivity index (χ0) is 16.8. The normalized spacial score (nSPS) is 12.0. The summed E-state index contributed by atoms with van der Waals surface area (Å²) in [6.07, 6.45) is 2.15. The molecule has 1 aromatic heterocycles. The molecule has 0 fully saturated rings. The van der Waals surface area contributed by atoms with Gasteiger partial charge in [0.15, 0.2) is 23.4 Å². The summed E-state index contributed by atoms with van der Waals surface area (Å²) in [5, 5.41) is 20.9. The van der Waals surface area contributed by atoms with E-state index in [9.17, 15) is 9.90 Å². The van der Waals surface area contributed by atoms with E-state index in [2.05, 4.69) is 15.5 Å². The molecule has 0 amide bonds. The maximum absolute atomic E-state index is 11.5. The van der Waals surface area contributed by atoms with Gasteiger partial charge in [-0.25, -0.2) is 9.48 Å². The second kappa shape index (κ2) is 7.57. The lowest BCUT2D eigenvalue weighted by atomic mass is 10.1. The number of aromatic nitrogens is 4. The molecule has 23 heavy (non-hydrogen) atoms. The van der Waals surface area contributed by atoms with Crippen molar-refractivity contribution in [2.75, 3.05) is 14.2 Å². The topological polar surface area (TPSA) is 99.4 Å². The Labute approximate surface area is 134 Å². The molecule has 1 heterocycles. The van der Waals surface area contributed by atoms with Gasteiger partial charge in [0.1, 0.15) is 0 Å². The fourth-order valence-corrected chi connectivity index (χ4v) is 2.32. The van der Waals surface area contributed by atoms with Crippen LogP contribution in [0.3, 0.4) is 0 Å². The predicted octanol–water partition coefficient (Wildman–Crippen LogP) is 2.17. The molecule has 0 spiro atoms. The third kappa shape index (κ3) is 3.58. The Morgan fingerprint density at radius 3 is 2.65 bits per heavy atom. The van der Waals surface area contributed by atoms with Gasteiger partial charge in [0.05, 0.1) is 14.2 Å². The molecule has 2 rings (SSSR count). The molecule has 124 valence electrons. The molecule has 0 saturated carbocycles. The largest absolute Gasteiger partial charge is 0.493 e. The highest BCUT2D eigenvalue weighted by atomic mass is 16.5. The number of unbranched alkanes of at least 4 members (excludes halogenated alkanes) is 1. The molecule has 0 saturated heterocycles. The maximum atomic E-state index is 11.5. The number of nitrogens with zero attached hydrogens (tertiary/aromatic N) is 4. The first kappa shape index (κ1) is 16.7. The van der Waals surface area contributed by atoms with Gasteiger partial charge < -0.3 is 14.6 Å². The van der Waals surface area contributed by atoms with E-state index >= 15 is 0 Å². The molecule has 0 bridgehead atoms. The SMILES string of the molecule is CCCCC(C(=O)O)n1nnnc1-c1ccc(OC)c(OC)c1. The molecular weight excluding hydrogens is 300 g/mol. The van der Waals surface area contributed by atoms with Crippen molar-refractivity contribution in [3.63, 3.8) is 0 Å². The van der Waals surface area contributed by atoms with Crippen LogP contribution in [0.4, 0.5) is 0 Å². The molecule has 0 aliphatic heterocycles. The number of aliphatic carboxylic acids is 1. The summed E-state index contributed by atoms with van der Waals surface area (Å²) in [5.74, 6) is 0.540. The standard InChI is InChI=1S/C15H20N4O4/c1-4-5-6-11(15(20)21)19-14(16-17-18-19)10-7-8-12(22-2)13(9-10)23-3/h7-9,11H,4-6H2,1-3H3,(H,20,21). The first-order valence-electron chi connectivity index (χ1n) is 7.35. The fraction of sp³-hybridized carbons (Fsp3) is 0.467. The number of carboxylic acid groups (broad SMARTS) is 1. The number of hydrogen-bond donors (Lipinski definition) is 1. The van der Waals surface area contributed by atoms with Gasteiger partial charge in [0.25, 0.3) is 0 Å². The van der Waals surface area contributed by atoms with Gasteiger partial charge in [0, 0.05) is 5.56 Å². The molecular formula is C15H20N4O4. The Morgan fingerprint density at radius 2 is 2.04 bits per heavy atom. The van der Waals surface area contributed by atoms with Crippen molar-refractivity contribution < 1.29 is 19.4 Å². The van der Waals surface area contributed by atoms with Crippen molar-refractivity contribution in [3.05, 3.63) is 18.2 Å². The summed E-state index contributed by atoms with van der Waals surface area (Å²) in [5.41, 5.74) is 0.662. The Morgan fingerprint density at radius 1 is 1.30 bits per heavy atom. The van der Waals surface area contributed by atoms with Gasteiger partial charge in [-0.2, -0.15) is 0 Å². The highest BCUT2D eigenvalue weighted by Gasteiger charge is 2.25. The third-order valence-corrected chi connectivity index (χ3v) is 3.55. The van der Waals surface area contributed by atoms with Crippen molar-refractivity contribution in [1.82, 2.24) is 20.2 Å². The van der Waals surface area contributed by atoms with Gasteiger partial charge in [-0.3, -0.25) is 0 Å². The lowest BCUT2D eigenvalue weighted by molar-refractivity contribution is -0.141. The van der Waals surface area contributed by atoms with E-state index in [0.29, 0.717) is 29.3 Å². The fourth-order valence-electron chi connectivity index (χ4n) is 2.32. The predicted molar refractivity (Wildman–Crippen MR) is 82.6 cm³/mol. The van der Waals surface area contributed by atoms with E-state index in [0.717, 1.165) is 12.8 Å². The summed E-state index contributed by atoms with van der Waals surface area (Å²) < 4.78 is 11.8. The first-order valence-corrected chi connectivity index (χ1v) is 7.35. The number of carboxylic acids is 1. The zero-order valence-electron chi connectivity index (χ0n) is 13.4. The molecule has 0 aliphatic carbocycles. The zero-order valence-corrected chi connectivity index (χ0v) is 13.4. The monoisotopic (exact) mass is 320 g/mol. The smallest absolute Gasteiger partial charge is 0.328 e. The van der Waals surface area contributed by atoms with E-state index in [4.69, 9.17) is 9.47 Å². The van der Waals surface area contributed by atoms with Crippen molar-refractivity contribution in [1.29, 1.82) is 0 Å². The number of hydrogen-bond acceptors (Lipinski definition) is 6. The number of rotatable bonds is 8. The minimum Gasteiger partial charge on any atom is -0.493 e. The van der Waals surface area contributed by atoms with Crippen LogP contribution in [0.2, 0.25) is 0 Å². The van der Waals surface area contributed by atoms with Crippen LogP contribution in [0, 0.1) is 0 Å². The van der Waals surface area contributed by atoms with Crippen molar-refractivity contribution in [3.8, 4) is 22.9 Å². The summed E-state index contributed by atoms with van der Waals surface area (Å²) in [4.78, 5) is 11.5. The Balaban J connectivity index is 2.42. The lowest BCUT2D eigenvalue weighted by Gasteiger charge is -2.14. The molecule has 8 nitrogen and oxygen atoms in total. The third-order valence-electron chi connectivity index (χ3n) is 3.55. The molecule has 1 N–H and O–H groups in total. The molecule has 0 radical (unpaired) electrons. The number of carbonyl (C=O) groups is 1. The average molecular weight is 320 g/mol. The Kier molecular flexibility index (Phi) is 5.51. The molecule has 0 aliphatic rings. The van der Waals surface area contributed by atoms with Gasteiger partial charge in [-0.05, 0) is 35.0 Å². The van der Waals surface area contributed by atoms with Gasteiger partial charge in [-0.15, -0.1) is 5.10 Å². The quantitative estimate of drug-likeness (QED) is 0.795. The van der Waals surface area contributed by atoms with Crippen LogP contribution in [-0.2, 0) is 4.79 Å².